The van der Waals surface area contributed by atoms with Crippen molar-refractivity contribution in [3.63, 3.8) is 0 Å². The Bertz CT molecular complexity index is 954. The number of carboxylic acids is 1. The van der Waals surface area contributed by atoms with Crippen LogP contribution >= 0.6 is 0 Å². The van der Waals surface area contributed by atoms with E-state index in [9.17, 15) is 18.7 Å². The van der Waals surface area contributed by atoms with Crippen molar-refractivity contribution in [2.45, 2.75) is 65.5 Å². The zero-order chi connectivity index (χ0) is 22.3. The zero-order valence-electron chi connectivity index (χ0n) is 18.0. The molecule has 3 heterocycles. The molecule has 1 saturated heterocycles. The SMILES string of the molecule is Cc1cc(Nc2nc(C[C@@]3(C(=O)O)CCN[C@H](C)C3)c(F)cc2F)nn1C(C)(C)C. The summed E-state index contributed by atoms with van der Waals surface area (Å²) in [6, 6.07) is 2.49. The van der Waals surface area contributed by atoms with Gasteiger partial charge >= 0.3 is 5.97 Å². The van der Waals surface area contributed by atoms with E-state index in [-0.39, 0.29) is 29.5 Å². The van der Waals surface area contributed by atoms with Crippen molar-refractivity contribution in [3.8, 4) is 0 Å². The first-order valence-electron chi connectivity index (χ1n) is 10.1. The average molecular weight is 421 g/mol. The minimum Gasteiger partial charge on any atom is -0.481 e. The van der Waals surface area contributed by atoms with E-state index < -0.39 is 23.0 Å². The van der Waals surface area contributed by atoms with Crippen molar-refractivity contribution in [1.29, 1.82) is 0 Å². The van der Waals surface area contributed by atoms with Crippen LogP contribution in [-0.4, -0.2) is 38.4 Å². The molecule has 164 valence electrons. The summed E-state index contributed by atoms with van der Waals surface area (Å²) >= 11 is 0. The number of aromatic nitrogens is 3. The van der Waals surface area contributed by atoms with Gasteiger partial charge < -0.3 is 15.7 Å². The minimum atomic E-state index is -1.14. The Labute approximate surface area is 174 Å². The van der Waals surface area contributed by atoms with Gasteiger partial charge in [0.15, 0.2) is 17.5 Å². The van der Waals surface area contributed by atoms with Crippen molar-refractivity contribution in [3.05, 3.63) is 35.2 Å². The molecule has 2 aromatic heterocycles. The van der Waals surface area contributed by atoms with E-state index in [4.69, 9.17) is 0 Å². The molecular formula is C21H29F2N5O2. The van der Waals surface area contributed by atoms with Crippen molar-refractivity contribution >= 4 is 17.6 Å². The van der Waals surface area contributed by atoms with Crippen LogP contribution in [0.5, 0.6) is 0 Å². The number of pyridine rings is 1. The molecule has 7 nitrogen and oxygen atoms in total. The quantitative estimate of drug-likeness (QED) is 0.681. The van der Waals surface area contributed by atoms with Gasteiger partial charge in [-0.2, -0.15) is 5.10 Å². The van der Waals surface area contributed by atoms with E-state index in [0.717, 1.165) is 11.8 Å². The molecule has 30 heavy (non-hydrogen) atoms. The number of piperidine rings is 1. The number of carbonyl (C=O) groups is 1. The second-order valence-electron chi connectivity index (χ2n) is 9.20. The average Bonchev–Trinajstić information content (AvgIpc) is 2.99. The zero-order valence-corrected chi connectivity index (χ0v) is 18.0. The molecule has 1 fully saturated rings. The number of halogens is 2. The van der Waals surface area contributed by atoms with Crippen molar-refractivity contribution < 1.29 is 18.7 Å². The Morgan fingerprint density at radius 1 is 1.37 bits per heavy atom. The van der Waals surface area contributed by atoms with Crippen molar-refractivity contribution in [2.75, 3.05) is 11.9 Å². The Morgan fingerprint density at radius 3 is 2.63 bits per heavy atom. The first-order chi connectivity index (χ1) is 13.9. The van der Waals surface area contributed by atoms with E-state index >= 15 is 0 Å². The van der Waals surface area contributed by atoms with E-state index in [1.165, 1.54) is 0 Å². The van der Waals surface area contributed by atoms with E-state index in [2.05, 4.69) is 20.7 Å². The molecular weight excluding hydrogens is 392 g/mol. The number of aliphatic carboxylic acids is 1. The highest BCUT2D eigenvalue weighted by molar-refractivity contribution is 5.75. The fourth-order valence-electron chi connectivity index (χ4n) is 4.12. The van der Waals surface area contributed by atoms with Crippen LogP contribution in [-0.2, 0) is 16.8 Å². The minimum absolute atomic E-state index is 0.0136. The lowest BCUT2D eigenvalue weighted by Crippen LogP contribution is -2.48. The fraction of sp³-hybridized carbons (Fsp3) is 0.571. The van der Waals surface area contributed by atoms with Gasteiger partial charge in [0.05, 0.1) is 16.6 Å². The highest BCUT2D eigenvalue weighted by atomic mass is 19.1. The predicted octanol–water partition coefficient (Wildman–Crippen LogP) is 3.75. The molecule has 0 radical (unpaired) electrons. The summed E-state index contributed by atoms with van der Waals surface area (Å²) in [7, 11) is 0. The summed E-state index contributed by atoms with van der Waals surface area (Å²) < 4.78 is 30.7. The van der Waals surface area contributed by atoms with Gasteiger partial charge in [-0.1, -0.05) is 0 Å². The van der Waals surface area contributed by atoms with Crippen molar-refractivity contribution in [2.24, 2.45) is 5.41 Å². The maximum absolute atomic E-state index is 14.5. The normalized spacial score (nSPS) is 22.2. The lowest BCUT2D eigenvalue weighted by molar-refractivity contribution is -0.151. The summed E-state index contributed by atoms with van der Waals surface area (Å²) in [4.78, 5) is 16.2. The summed E-state index contributed by atoms with van der Waals surface area (Å²) in [6.45, 7) is 10.3. The van der Waals surface area contributed by atoms with Crippen LogP contribution in [0.25, 0.3) is 0 Å². The van der Waals surface area contributed by atoms with Crippen molar-refractivity contribution in [1.82, 2.24) is 20.1 Å². The first kappa shape index (κ1) is 22.1. The van der Waals surface area contributed by atoms with Gasteiger partial charge in [-0.15, -0.1) is 0 Å². The van der Waals surface area contributed by atoms with E-state index in [0.29, 0.717) is 25.2 Å². The Morgan fingerprint density at radius 2 is 2.07 bits per heavy atom. The largest absolute Gasteiger partial charge is 0.481 e. The van der Waals surface area contributed by atoms with Gasteiger partial charge in [0, 0.05) is 30.3 Å². The maximum Gasteiger partial charge on any atom is 0.310 e. The second-order valence-corrected chi connectivity index (χ2v) is 9.20. The summed E-state index contributed by atoms with van der Waals surface area (Å²) in [5, 5.41) is 20.3. The molecule has 1 aliphatic rings. The number of aryl methyl sites for hydroxylation is 1. The second kappa shape index (κ2) is 7.94. The number of anilines is 2. The molecule has 0 bridgehead atoms. The molecule has 0 amide bonds. The molecule has 3 N–H and O–H groups in total. The fourth-order valence-corrected chi connectivity index (χ4v) is 4.12. The number of nitrogens with one attached hydrogen (secondary N) is 2. The maximum atomic E-state index is 14.5. The topological polar surface area (TPSA) is 92.1 Å². The monoisotopic (exact) mass is 421 g/mol. The van der Waals surface area contributed by atoms with E-state index in [1.54, 1.807) is 10.7 Å². The summed E-state index contributed by atoms with van der Waals surface area (Å²) in [5.74, 6) is -2.48. The van der Waals surface area contributed by atoms with Gasteiger partial charge in [-0.05, 0) is 54.0 Å². The highest BCUT2D eigenvalue weighted by Gasteiger charge is 2.43. The lowest BCUT2D eigenvalue weighted by atomic mass is 9.73. The van der Waals surface area contributed by atoms with Gasteiger partial charge in [0.2, 0.25) is 0 Å². The molecule has 0 aliphatic carbocycles. The third-order valence-corrected chi connectivity index (χ3v) is 5.52. The van der Waals surface area contributed by atoms with Crippen LogP contribution in [0.1, 0.15) is 51.9 Å². The standard InChI is InChI=1S/C21H29F2N5O2/c1-12-10-21(19(29)30,6-7-24-12)11-16-14(22)9-15(23)18(25-16)26-17-8-13(2)28(27-17)20(3,4)5/h8-9,12,24H,6-7,10-11H2,1-5H3,(H,29,30)(H,25,26,27)/t12-,21-/m1/s1. The molecule has 0 saturated carbocycles. The molecule has 0 aromatic carbocycles. The van der Waals surface area contributed by atoms with Gasteiger partial charge in [-0.3, -0.25) is 9.48 Å². The Balaban J connectivity index is 1.92. The molecule has 0 spiro atoms. The number of rotatable bonds is 5. The Kier molecular flexibility index (Phi) is 5.86. The predicted molar refractivity (Wildman–Crippen MR) is 110 cm³/mol. The number of carboxylic acid groups (broad SMARTS) is 1. The van der Waals surface area contributed by atoms with Crippen LogP contribution in [0.15, 0.2) is 12.1 Å². The first-order valence-corrected chi connectivity index (χ1v) is 10.1. The number of hydrogen-bond acceptors (Lipinski definition) is 5. The number of hydrogen-bond donors (Lipinski definition) is 3. The van der Waals surface area contributed by atoms with Crippen LogP contribution in [0.2, 0.25) is 0 Å². The van der Waals surface area contributed by atoms with Gasteiger partial charge in [0.1, 0.15) is 5.82 Å². The smallest absolute Gasteiger partial charge is 0.310 e. The molecule has 2 aromatic rings. The highest BCUT2D eigenvalue weighted by Crippen LogP contribution is 2.36. The number of nitrogens with zero attached hydrogens (tertiary/aromatic N) is 3. The molecule has 3 rings (SSSR count). The summed E-state index contributed by atoms with van der Waals surface area (Å²) in [5.41, 5.74) is -0.592. The van der Waals surface area contributed by atoms with Crippen LogP contribution in [0.3, 0.4) is 0 Å². The lowest BCUT2D eigenvalue weighted by Gasteiger charge is -2.37. The third kappa shape index (κ3) is 4.45. The third-order valence-electron chi connectivity index (χ3n) is 5.52. The van der Waals surface area contributed by atoms with Gasteiger partial charge in [0.25, 0.3) is 0 Å². The van der Waals surface area contributed by atoms with Crippen LogP contribution < -0.4 is 10.6 Å². The molecule has 1 aliphatic heterocycles. The summed E-state index contributed by atoms with van der Waals surface area (Å²) in [6.07, 6.45) is 0.590. The van der Waals surface area contributed by atoms with Crippen LogP contribution in [0.4, 0.5) is 20.4 Å². The van der Waals surface area contributed by atoms with E-state index in [1.807, 2.05) is 34.6 Å². The molecule has 0 unspecified atom stereocenters. The van der Waals surface area contributed by atoms with Gasteiger partial charge in [-0.25, -0.2) is 13.8 Å². The van der Waals surface area contributed by atoms with Crippen LogP contribution in [0, 0.1) is 24.0 Å². The molecule has 9 heteroatoms. The Hall–Kier alpha value is -2.55. The molecule has 2 atom stereocenters.